The highest BCUT2D eigenvalue weighted by Gasteiger charge is 2.37. The van der Waals surface area contributed by atoms with Gasteiger partial charge in [0.2, 0.25) is 0 Å². The first-order chi connectivity index (χ1) is 15.3. The van der Waals surface area contributed by atoms with Gasteiger partial charge in [-0.25, -0.2) is 14.5 Å². The molecular formula is C22H13Cl2N3O5. The summed E-state index contributed by atoms with van der Waals surface area (Å²) < 4.78 is 1.67. The van der Waals surface area contributed by atoms with Crippen molar-refractivity contribution in [2.75, 3.05) is 4.90 Å². The van der Waals surface area contributed by atoms with Crippen LogP contribution in [0.2, 0.25) is 10.0 Å². The number of nitrogens with one attached hydrogen (secondary N) is 1. The second-order valence-corrected chi connectivity index (χ2v) is 7.53. The standard InChI is InChI=1S/C22H13Cl2N3O5/c23-17-8-7-15(11-18(17)24)27-20(29)16(19(28)25-22(27)32)10-14-2-1-9-26(14)13-5-3-12(4-6-13)21(30)31/h1-11H,(H,30,31)(H,25,28,32)/b16-10+. The van der Waals surface area contributed by atoms with Crippen LogP contribution in [-0.2, 0) is 9.59 Å². The molecule has 0 aliphatic carbocycles. The molecule has 0 atom stereocenters. The first kappa shape index (κ1) is 21.4. The first-order valence-corrected chi connectivity index (χ1v) is 9.89. The van der Waals surface area contributed by atoms with Crippen LogP contribution in [0, 0.1) is 0 Å². The van der Waals surface area contributed by atoms with E-state index in [0.717, 1.165) is 4.90 Å². The van der Waals surface area contributed by atoms with E-state index in [9.17, 15) is 19.2 Å². The van der Waals surface area contributed by atoms with E-state index >= 15 is 0 Å². The number of rotatable bonds is 4. The zero-order chi connectivity index (χ0) is 23.0. The summed E-state index contributed by atoms with van der Waals surface area (Å²) in [4.78, 5) is 49.7. The van der Waals surface area contributed by atoms with Crippen molar-refractivity contribution < 1.29 is 24.3 Å². The third-order valence-electron chi connectivity index (χ3n) is 4.73. The molecule has 1 aliphatic heterocycles. The number of barbiturate groups is 1. The van der Waals surface area contributed by atoms with E-state index in [4.69, 9.17) is 28.3 Å². The number of amides is 4. The number of hydrogen-bond donors (Lipinski definition) is 2. The van der Waals surface area contributed by atoms with Crippen molar-refractivity contribution in [1.29, 1.82) is 0 Å². The summed E-state index contributed by atoms with van der Waals surface area (Å²) in [6, 6.07) is 12.8. The number of imide groups is 2. The van der Waals surface area contributed by atoms with E-state index in [1.165, 1.54) is 36.4 Å². The molecule has 4 amide bonds. The summed E-state index contributed by atoms with van der Waals surface area (Å²) >= 11 is 11.9. The minimum atomic E-state index is -1.05. The van der Waals surface area contributed by atoms with Crippen molar-refractivity contribution >= 4 is 58.8 Å². The molecule has 2 heterocycles. The Labute approximate surface area is 191 Å². The summed E-state index contributed by atoms with van der Waals surface area (Å²) in [5.41, 5.74) is 1.10. The summed E-state index contributed by atoms with van der Waals surface area (Å²) in [5.74, 6) is -2.72. The zero-order valence-electron chi connectivity index (χ0n) is 16.1. The lowest BCUT2D eigenvalue weighted by Gasteiger charge is -2.26. The van der Waals surface area contributed by atoms with Crippen LogP contribution in [0.1, 0.15) is 16.1 Å². The van der Waals surface area contributed by atoms with Gasteiger partial charge in [0.25, 0.3) is 11.8 Å². The number of aromatic carboxylic acids is 1. The maximum Gasteiger partial charge on any atom is 0.335 e. The average molecular weight is 470 g/mol. The fraction of sp³-hybridized carbons (Fsp3) is 0. The number of urea groups is 1. The predicted molar refractivity (Wildman–Crippen MR) is 118 cm³/mol. The number of aromatic nitrogens is 1. The van der Waals surface area contributed by atoms with E-state index in [1.54, 1.807) is 35.0 Å². The van der Waals surface area contributed by atoms with Crippen molar-refractivity contribution in [2.45, 2.75) is 0 Å². The van der Waals surface area contributed by atoms with Crippen molar-refractivity contribution in [1.82, 2.24) is 9.88 Å². The summed E-state index contributed by atoms with van der Waals surface area (Å²) in [6.45, 7) is 0. The maximum atomic E-state index is 13.1. The number of carbonyl (C=O) groups is 4. The Hall–Kier alpha value is -3.88. The third-order valence-corrected chi connectivity index (χ3v) is 5.47. The average Bonchev–Trinajstić information content (AvgIpc) is 3.22. The fourth-order valence-electron chi connectivity index (χ4n) is 3.18. The lowest BCUT2D eigenvalue weighted by atomic mass is 10.1. The molecule has 4 rings (SSSR count). The topological polar surface area (TPSA) is 109 Å². The quantitative estimate of drug-likeness (QED) is 0.440. The molecule has 0 bridgehead atoms. The molecule has 1 fully saturated rings. The van der Waals surface area contributed by atoms with Crippen LogP contribution in [0.5, 0.6) is 0 Å². The van der Waals surface area contributed by atoms with Gasteiger partial charge in [-0.05, 0) is 60.7 Å². The highest BCUT2D eigenvalue weighted by Crippen LogP contribution is 2.29. The predicted octanol–water partition coefficient (Wildman–Crippen LogP) is 4.15. The smallest absolute Gasteiger partial charge is 0.335 e. The summed E-state index contributed by atoms with van der Waals surface area (Å²) in [7, 11) is 0. The van der Waals surface area contributed by atoms with E-state index in [2.05, 4.69) is 5.32 Å². The molecule has 2 N–H and O–H groups in total. The monoisotopic (exact) mass is 469 g/mol. The second kappa shape index (κ2) is 8.33. The molecule has 1 aliphatic rings. The molecule has 3 aromatic rings. The van der Waals surface area contributed by atoms with Gasteiger partial charge in [-0.3, -0.25) is 14.9 Å². The molecule has 0 saturated carbocycles. The van der Waals surface area contributed by atoms with Crippen LogP contribution in [0.15, 0.2) is 66.4 Å². The Morgan fingerprint density at radius 3 is 2.28 bits per heavy atom. The van der Waals surface area contributed by atoms with Gasteiger partial charge in [0, 0.05) is 17.6 Å². The van der Waals surface area contributed by atoms with Gasteiger partial charge in [-0.2, -0.15) is 0 Å². The van der Waals surface area contributed by atoms with Gasteiger partial charge < -0.3 is 9.67 Å². The normalized spacial score (nSPS) is 15.2. The van der Waals surface area contributed by atoms with Crippen molar-refractivity contribution in [3.63, 3.8) is 0 Å². The molecule has 0 spiro atoms. The largest absolute Gasteiger partial charge is 0.478 e. The molecule has 0 radical (unpaired) electrons. The van der Waals surface area contributed by atoms with Crippen LogP contribution in [0.25, 0.3) is 11.8 Å². The van der Waals surface area contributed by atoms with Gasteiger partial charge in [0.1, 0.15) is 5.57 Å². The number of carbonyl (C=O) groups excluding carboxylic acids is 3. The number of hydrogen-bond acceptors (Lipinski definition) is 4. The van der Waals surface area contributed by atoms with E-state index in [1.807, 2.05) is 0 Å². The lowest BCUT2D eigenvalue weighted by molar-refractivity contribution is -0.122. The minimum absolute atomic E-state index is 0.124. The minimum Gasteiger partial charge on any atom is -0.478 e. The van der Waals surface area contributed by atoms with Crippen LogP contribution in [0.4, 0.5) is 10.5 Å². The Bertz CT molecular complexity index is 1310. The van der Waals surface area contributed by atoms with E-state index < -0.39 is 23.8 Å². The molecule has 0 unspecified atom stereocenters. The number of carboxylic acids is 1. The van der Waals surface area contributed by atoms with E-state index in [-0.39, 0.29) is 26.9 Å². The highest BCUT2D eigenvalue weighted by molar-refractivity contribution is 6.43. The summed E-state index contributed by atoms with van der Waals surface area (Å²) in [6.07, 6.45) is 3.04. The highest BCUT2D eigenvalue weighted by atomic mass is 35.5. The van der Waals surface area contributed by atoms with Crippen LogP contribution in [0.3, 0.4) is 0 Å². The third kappa shape index (κ3) is 3.89. The number of anilines is 1. The Morgan fingerprint density at radius 2 is 1.62 bits per heavy atom. The molecule has 8 nitrogen and oxygen atoms in total. The molecular weight excluding hydrogens is 457 g/mol. The van der Waals surface area contributed by atoms with Crippen LogP contribution < -0.4 is 10.2 Å². The first-order valence-electron chi connectivity index (χ1n) is 9.14. The van der Waals surface area contributed by atoms with Crippen molar-refractivity contribution in [2.24, 2.45) is 0 Å². The van der Waals surface area contributed by atoms with Gasteiger partial charge in [-0.1, -0.05) is 23.2 Å². The molecule has 10 heteroatoms. The number of carboxylic acid groups (broad SMARTS) is 1. The van der Waals surface area contributed by atoms with E-state index in [0.29, 0.717) is 11.4 Å². The van der Waals surface area contributed by atoms with Crippen molar-refractivity contribution in [3.05, 3.63) is 87.7 Å². The Morgan fingerprint density at radius 1 is 0.938 bits per heavy atom. The fourth-order valence-corrected chi connectivity index (χ4v) is 3.47. The lowest BCUT2D eigenvalue weighted by Crippen LogP contribution is -2.54. The Balaban J connectivity index is 1.72. The molecule has 160 valence electrons. The van der Waals surface area contributed by atoms with Gasteiger partial charge in [0.05, 0.1) is 21.3 Å². The SMILES string of the molecule is O=C1NC(=O)N(c2ccc(Cl)c(Cl)c2)C(=O)/C1=C/c1cccn1-c1ccc(C(=O)O)cc1. The number of benzene rings is 2. The Kier molecular flexibility index (Phi) is 5.56. The molecule has 1 aromatic heterocycles. The zero-order valence-corrected chi connectivity index (χ0v) is 17.6. The number of nitrogens with zero attached hydrogens (tertiary/aromatic N) is 2. The van der Waals surface area contributed by atoms with Crippen molar-refractivity contribution in [3.8, 4) is 5.69 Å². The summed E-state index contributed by atoms with van der Waals surface area (Å²) in [5, 5.41) is 11.6. The van der Waals surface area contributed by atoms with Crippen LogP contribution in [-0.4, -0.2) is 33.5 Å². The molecule has 2 aromatic carbocycles. The maximum absolute atomic E-state index is 13.1. The van der Waals surface area contributed by atoms with Gasteiger partial charge in [0.15, 0.2) is 0 Å². The molecule has 1 saturated heterocycles. The molecule has 32 heavy (non-hydrogen) atoms. The van der Waals surface area contributed by atoms with Gasteiger partial charge in [-0.15, -0.1) is 0 Å². The van der Waals surface area contributed by atoms with Gasteiger partial charge >= 0.3 is 12.0 Å². The second-order valence-electron chi connectivity index (χ2n) is 6.71. The van der Waals surface area contributed by atoms with Crippen LogP contribution >= 0.6 is 23.2 Å². The number of halogens is 2.